The van der Waals surface area contributed by atoms with Crippen LogP contribution in [0.5, 0.6) is 5.75 Å². The summed E-state index contributed by atoms with van der Waals surface area (Å²) < 4.78 is 30.5. The molecule has 158 valence electrons. The molecular weight excluding hydrogens is 412 g/mol. The van der Waals surface area contributed by atoms with E-state index in [0.717, 1.165) is 49.2 Å². The average Bonchev–Trinajstić information content (AvgIpc) is 2.67. The first kappa shape index (κ1) is 23.2. The van der Waals surface area contributed by atoms with Gasteiger partial charge in [-0.25, -0.2) is 8.42 Å². The minimum absolute atomic E-state index is 0.0275. The van der Waals surface area contributed by atoms with Gasteiger partial charge in [0.1, 0.15) is 5.75 Å². The highest BCUT2D eigenvalue weighted by atomic mass is 35.5. The van der Waals surface area contributed by atoms with Crippen LogP contribution in [-0.2, 0) is 16.4 Å². The van der Waals surface area contributed by atoms with Gasteiger partial charge in [-0.2, -0.15) is 0 Å². The van der Waals surface area contributed by atoms with Crippen LogP contribution >= 0.6 is 11.6 Å². The molecule has 0 saturated carbocycles. The largest absolute Gasteiger partial charge is 0.495 e. The Morgan fingerprint density at radius 1 is 1.10 bits per heavy atom. The van der Waals surface area contributed by atoms with Crippen molar-refractivity contribution in [2.24, 2.45) is 0 Å². The summed E-state index contributed by atoms with van der Waals surface area (Å²) in [6.07, 6.45) is 3.94. The molecule has 2 aromatic carbocycles. The van der Waals surface area contributed by atoms with Crippen molar-refractivity contribution in [2.75, 3.05) is 31.2 Å². The number of sulfonamides is 1. The average molecular weight is 439 g/mol. The fourth-order valence-electron chi connectivity index (χ4n) is 2.89. The zero-order valence-corrected chi connectivity index (χ0v) is 18.3. The van der Waals surface area contributed by atoms with Crippen molar-refractivity contribution in [3.8, 4) is 5.75 Å². The minimum atomic E-state index is -3.46. The molecule has 0 unspecified atom stereocenters. The third-order valence-corrected chi connectivity index (χ3v) is 5.31. The van der Waals surface area contributed by atoms with Crippen molar-refractivity contribution in [1.29, 1.82) is 0 Å². The van der Waals surface area contributed by atoms with Crippen LogP contribution in [0.15, 0.2) is 42.5 Å². The lowest BCUT2D eigenvalue weighted by molar-refractivity contribution is 0.0979. The van der Waals surface area contributed by atoms with Gasteiger partial charge in [0, 0.05) is 17.0 Å². The first-order valence-electron chi connectivity index (χ1n) is 9.43. The SMILES string of the molecule is COc1ccc(C(=O)CCCCNCCc2ccccc2Cl)cc1NS(C)(=O)=O. The monoisotopic (exact) mass is 438 g/mol. The van der Waals surface area contributed by atoms with Gasteiger partial charge in [0.15, 0.2) is 5.78 Å². The summed E-state index contributed by atoms with van der Waals surface area (Å²) in [6, 6.07) is 12.6. The molecule has 0 heterocycles. The fraction of sp³-hybridized carbons (Fsp3) is 0.381. The Kier molecular flexibility index (Phi) is 8.95. The van der Waals surface area contributed by atoms with Gasteiger partial charge in [-0.3, -0.25) is 9.52 Å². The van der Waals surface area contributed by atoms with Crippen LogP contribution in [0, 0.1) is 0 Å². The number of anilines is 1. The smallest absolute Gasteiger partial charge is 0.229 e. The predicted octanol–water partition coefficient (Wildman–Crippen LogP) is 3.91. The van der Waals surface area contributed by atoms with Crippen molar-refractivity contribution in [3.05, 3.63) is 58.6 Å². The van der Waals surface area contributed by atoms with E-state index >= 15 is 0 Å². The highest BCUT2D eigenvalue weighted by Crippen LogP contribution is 2.27. The second-order valence-corrected chi connectivity index (χ2v) is 8.92. The Morgan fingerprint density at radius 2 is 1.86 bits per heavy atom. The normalized spacial score (nSPS) is 11.3. The molecule has 2 rings (SSSR count). The van der Waals surface area contributed by atoms with E-state index in [4.69, 9.17) is 16.3 Å². The van der Waals surface area contributed by atoms with Gasteiger partial charge in [-0.05, 0) is 62.2 Å². The minimum Gasteiger partial charge on any atom is -0.495 e. The van der Waals surface area contributed by atoms with Crippen LogP contribution in [0.4, 0.5) is 5.69 Å². The Hall–Kier alpha value is -2.09. The number of ketones is 1. The van der Waals surface area contributed by atoms with Crippen molar-refractivity contribution in [3.63, 3.8) is 0 Å². The molecule has 8 heteroatoms. The van der Waals surface area contributed by atoms with Crippen molar-refractivity contribution in [2.45, 2.75) is 25.7 Å². The Bertz CT molecular complexity index is 932. The van der Waals surface area contributed by atoms with Crippen LogP contribution < -0.4 is 14.8 Å². The van der Waals surface area contributed by atoms with E-state index in [-0.39, 0.29) is 11.5 Å². The van der Waals surface area contributed by atoms with Crippen molar-refractivity contribution >= 4 is 33.1 Å². The molecule has 0 bridgehead atoms. The number of methoxy groups -OCH3 is 1. The van der Waals surface area contributed by atoms with Gasteiger partial charge in [0.05, 0.1) is 19.1 Å². The van der Waals surface area contributed by atoms with Gasteiger partial charge >= 0.3 is 0 Å². The predicted molar refractivity (Wildman–Crippen MR) is 118 cm³/mol. The Labute approximate surface area is 177 Å². The number of rotatable bonds is 12. The number of hydrogen-bond donors (Lipinski definition) is 2. The molecule has 0 aliphatic rings. The molecule has 0 saturated heterocycles. The molecular formula is C21H27ClN2O4S. The Morgan fingerprint density at radius 3 is 2.55 bits per heavy atom. The molecule has 0 amide bonds. The van der Waals surface area contributed by atoms with E-state index in [1.807, 2.05) is 24.3 Å². The highest BCUT2D eigenvalue weighted by molar-refractivity contribution is 7.92. The summed E-state index contributed by atoms with van der Waals surface area (Å²) in [4.78, 5) is 12.4. The number of nitrogens with one attached hydrogen (secondary N) is 2. The number of halogens is 1. The number of ether oxygens (including phenoxy) is 1. The third-order valence-electron chi connectivity index (χ3n) is 4.35. The summed E-state index contributed by atoms with van der Waals surface area (Å²) >= 11 is 6.13. The highest BCUT2D eigenvalue weighted by Gasteiger charge is 2.13. The van der Waals surface area contributed by atoms with Crippen LogP contribution in [0.25, 0.3) is 0 Å². The van der Waals surface area contributed by atoms with E-state index in [1.165, 1.54) is 13.2 Å². The second kappa shape index (κ2) is 11.2. The summed E-state index contributed by atoms with van der Waals surface area (Å²) in [5.74, 6) is 0.343. The van der Waals surface area contributed by atoms with Gasteiger partial charge in [-0.1, -0.05) is 29.8 Å². The number of hydrogen-bond acceptors (Lipinski definition) is 5. The number of unbranched alkanes of at least 4 members (excludes halogenated alkanes) is 1. The fourth-order valence-corrected chi connectivity index (χ4v) is 3.68. The van der Waals surface area contributed by atoms with E-state index < -0.39 is 10.0 Å². The quantitative estimate of drug-likeness (QED) is 0.387. The summed E-state index contributed by atoms with van der Waals surface area (Å²) in [6.45, 7) is 1.65. The summed E-state index contributed by atoms with van der Waals surface area (Å²) in [5.41, 5.74) is 1.85. The first-order valence-corrected chi connectivity index (χ1v) is 11.7. The molecule has 2 aromatic rings. The Balaban J connectivity index is 1.75. The molecule has 29 heavy (non-hydrogen) atoms. The second-order valence-electron chi connectivity index (χ2n) is 6.76. The molecule has 0 spiro atoms. The summed E-state index contributed by atoms with van der Waals surface area (Å²) in [5, 5.41) is 4.14. The molecule has 0 radical (unpaired) electrons. The third kappa shape index (κ3) is 8.04. The molecule has 0 fully saturated rings. The van der Waals surface area contributed by atoms with Crippen molar-refractivity contribution in [1.82, 2.24) is 5.32 Å². The van der Waals surface area contributed by atoms with E-state index in [9.17, 15) is 13.2 Å². The molecule has 0 aromatic heterocycles. The van der Waals surface area contributed by atoms with Gasteiger partial charge in [0.25, 0.3) is 0 Å². The number of benzene rings is 2. The van der Waals surface area contributed by atoms with Crippen LogP contribution in [0.2, 0.25) is 5.02 Å². The standard InChI is InChI=1S/C21H27ClN2O4S/c1-28-21-11-10-17(15-19(21)24-29(2,26)27)20(25)9-5-6-13-23-14-12-16-7-3-4-8-18(16)22/h3-4,7-8,10-11,15,23-24H,5-6,9,12-14H2,1-2H3. The molecule has 0 aliphatic heterocycles. The zero-order valence-electron chi connectivity index (χ0n) is 16.7. The zero-order chi connectivity index (χ0) is 21.3. The van der Waals surface area contributed by atoms with Gasteiger partial charge in [-0.15, -0.1) is 0 Å². The lowest BCUT2D eigenvalue weighted by Crippen LogP contribution is -2.18. The number of Topliss-reactive ketones (excluding diaryl/α,β-unsaturated/α-hetero) is 1. The molecule has 0 atom stereocenters. The maximum absolute atomic E-state index is 12.4. The number of carbonyl (C=O) groups is 1. The van der Waals surface area contributed by atoms with Gasteiger partial charge < -0.3 is 10.1 Å². The van der Waals surface area contributed by atoms with E-state index in [2.05, 4.69) is 10.0 Å². The molecule has 6 nitrogen and oxygen atoms in total. The van der Waals surface area contributed by atoms with E-state index in [1.54, 1.807) is 12.1 Å². The topological polar surface area (TPSA) is 84.5 Å². The lowest BCUT2D eigenvalue weighted by atomic mass is 10.0. The molecule has 2 N–H and O–H groups in total. The molecule has 0 aliphatic carbocycles. The van der Waals surface area contributed by atoms with Crippen LogP contribution in [0.1, 0.15) is 35.2 Å². The van der Waals surface area contributed by atoms with Crippen LogP contribution in [0.3, 0.4) is 0 Å². The van der Waals surface area contributed by atoms with Crippen molar-refractivity contribution < 1.29 is 17.9 Å². The lowest BCUT2D eigenvalue weighted by Gasteiger charge is -2.11. The first-order chi connectivity index (χ1) is 13.8. The van der Waals surface area contributed by atoms with E-state index in [0.29, 0.717) is 17.7 Å². The van der Waals surface area contributed by atoms with Crippen LogP contribution in [-0.4, -0.2) is 40.7 Å². The number of carbonyl (C=O) groups excluding carboxylic acids is 1. The summed E-state index contributed by atoms with van der Waals surface area (Å²) in [7, 11) is -2.02. The maximum atomic E-state index is 12.4. The maximum Gasteiger partial charge on any atom is 0.229 e. The van der Waals surface area contributed by atoms with Gasteiger partial charge in [0.2, 0.25) is 10.0 Å².